The average molecular weight is 459 g/mol. The monoisotopic (exact) mass is 458 g/mol. The highest BCUT2D eigenvalue weighted by Gasteiger charge is 2.53. The van der Waals surface area contributed by atoms with E-state index in [4.69, 9.17) is 5.73 Å². The maximum atomic E-state index is 12.7. The summed E-state index contributed by atoms with van der Waals surface area (Å²) in [6.45, 7) is 0.210. The molecule has 2 aromatic heterocycles. The molecule has 4 heterocycles. The number of nitrogens with zero attached hydrogens (tertiary/aromatic N) is 2. The van der Waals surface area contributed by atoms with Crippen molar-refractivity contribution < 1.29 is 28.9 Å². The van der Waals surface area contributed by atoms with E-state index in [1.54, 1.807) is 17.0 Å². The zero-order valence-corrected chi connectivity index (χ0v) is 17.8. The van der Waals surface area contributed by atoms with Crippen molar-refractivity contribution in [2.75, 3.05) is 5.75 Å². The maximum Gasteiger partial charge on any atom is 0.253 e. The number of nitrogens with two attached hydrogens (primary N) is 1. The number of thioether (sulfide) groups is 1. The van der Waals surface area contributed by atoms with Gasteiger partial charge in [-0.15, -0.1) is 23.1 Å². The van der Waals surface area contributed by atoms with Gasteiger partial charge in [0.25, 0.3) is 5.91 Å². The summed E-state index contributed by atoms with van der Waals surface area (Å²) in [5, 5.41) is 15.9. The highest BCUT2D eigenvalue weighted by Crippen LogP contribution is 2.40. The number of hydrogen-bond acceptors (Lipinski definition) is 7. The zero-order valence-electron chi connectivity index (χ0n) is 16.1. The second-order valence-electron chi connectivity index (χ2n) is 7.07. The Kier molecular flexibility index (Phi) is 5.79. The lowest BCUT2D eigenvalue weighted by Crippen LogP contribution is -2.71. The van der Waals surface area contributed by atoms with Gasteiger partial charge in [-0.1, -0.05) is 6.07 Å². The Labute approximate surface area is 185 Å². The van der Waals surface area contributed by atoms with Gasteiger partial charge in [0.05, 0.1) is 23.7 Å². The summed E-state index contributed by atoms with van der Waals surface area (Å²) in [7, 11) is 0. The van der Waals surface area contributed by atoms with Gasteiger partial charge in [0.2, 0.25) is 11.8 Å². The molecule has 3 amide bonds. The molecule has 1 saturated heterocycles. The van der Waals surface area contributed by atoms with E-state index in [0.29, 0.717) is 16.9 Å². The van der Waals surface area contributed by atoms with Crippen LogP contribution in [0.4, 0.5) is 0 Å². The molecule has 0 aromatic carbocycles. The van der Waals surface area contributed by atoms with Crippen LogP contribution in [0.15, 0.2) is 53.3 Å². The van der Waals surface area contributed by atoms with E-state index in [1.165, 1.54) is 40.1 Å². The highest BCUT2D eigenvalue weighted by molar-refractivity contribution is 8.00. The van der Waals surface area contributed by atoms with Crippen molar-refractivity contribution in [1.29, 1.82) is 0 Å². The molecule has 2 aliphatic heterocycles. The first kappa shape index (κ1) is 21.1. The predicted octanol–water partition coefficient (Wildman–Crippen LogP) is -1.22. The van der Waals surface area contributed by atoms with Crippen LogP contribution in [0.1, 0.15) is 15.2 Å². The molecule has 2 aromatic rings. The van der Waals surface area contributed by atoms with Crippen molar-refractivity contribution >= 4 is 46.8 Å². The van der Waals surface area contributed by atoms with Gasteiger partial charge in [0, 0.05) is 28.3 Å². The van der Waals surface area contributed by atoms with Crippen molar-refractivity contribution in [2.45, 2.75) is 24.4 Å². The molecule has 0 saturated carbocycles. The molecule has 0 spiro atoms. The van der Waals surface area contributed by atoms with E-state index in [0.717, 1.165) is 4.88 Å². The molecule has 0 radical (unpaired) electrons. The van der Waals surface area contributed by atoms with Crippen molar-refractivity contribution in [3.8, 4) is 0 Å². The number of hydrogen-bond donors (Lipinski definition) is 2. The Bertz CT molecular complexity index is 1080. The number of nitrogens with one attached hydrogen (secondary N) is 1. The first-order valence-electron chi connectivity index (χ1n) is 9.34. The number of aromatic nitrogens is 1. The fourth-order valence-electron chi connectivity index (χ4n) is 3.54. The van der Waals surface area contributed by atoms with E-state index >= 15 is 0 Å². The van der Waals surface area contributed by atoms with Crippen LogP contribution in [0.5, 0.6) is 0 Å². The van der Waals surface area contributed by atoms with E-state index < -0.39 is 29.2 Å². The van der Waals surface area contributed by atoms with Gasteiger partial charge in [0.15, 0.2) is 18.9 Å². The summed E-state index contributed by atoms with van der Waals surface area (Å²) < 4.78 is 1.69. The van der Waals surface area contributed by atoms with Crippen LogP contribution < -0.4 is 20.7 Å². The molecule has 4 rings (SSSR count). The largest absolute Gasteiger partial charge is 0.543 e. The second-order valence-corrected chi connectivity index (χ2v) is 9.21. The minimum absolute atomic E-state index is 0.163. The minimum Gasteiger partial charge on any atom is -0.543 e. The third kappa shape index (κ3) is 4.19. The van der Waals surface area contributed by atoms with Gasteiger partial charge < -0.3 is 21.0 Å². The summed E-state index contributed by atoms with van der Waals surface area (Å²) >= 11 is 2.84. The van der Waals surface area contributed by atoms with Crippen LogP contribution in [-0.4, -0.2) is 45.8 Å². The number of carboxylic acids is 1. The fraction of sp³-hybridized carbons (Fsp3) is 0.250. The molecular formula is C20H18N4O5S2. The topological polar surface area (TPSA) is 137 Å². The quantitative estimate of drug-likeness (QED) is 0.394. The summed E-state index contributed by atoms with van der Waals surface area (Å²) in [5.41, 5.74) is 5.91. The van der Waals surface area contributed by atoms with Crippen molar-refractivity contribution in [3.63, 3.8) is 0 Å². The van der Waals surface area contributed by atoms with Crippen molar-refractivity contribution in [3.05, 3.63) is 63.7 Å². The number of carboxylic acid groups (broad SMARTS) is 1. The molecule has 0 unspecified atom stereocenters. The Morgan fingerprint density at radius 3 is 2.61 bits per heavy atom. The summed E-state index contributed by atoms with van der Waals surface area (Å²) in [6.07, 6.45) is 3.40. The van der Waals surface area contributed by atoms with Crippen LogP contribution >= 0.6 is 23.1 Å². The molecule has 3 N–H and O–H groups in total. The Balaban J connectivity index is 1.48. The summed E-state index contributed by atoms with van der Waals surface area (Å²) in [6, 6.07) is 5.99. The first-order valence-corrected chi connectivity index (χ1v) is 11.3. The number of β-lactam (4-membered cyclic amide) rings is 1. The third-order valence-electron chi connectivity index (χ3n) is 5.02. The summed E-state index contributed by atoms with van der Waals surface area (Å²) in [5.74, 6) is -2.39. The molecule has 9 nitrogen and oxygen atoms in total. The van der Waals surface area contributed by atoms with Gasteiger partial charge in [-0.25, -0.2) is 4.57 Å². The van der Waals surface area contributed by atoms with Gasteiger partial charge >= 0.3 is 0 Å². The zero-order chi connectivity index (χ0) is 22.1. The summed E-state index contributed by atoms with van der Waals surface area (Å²) in [4.78, 5) is 50.1. The lowest BCUT2D eigenvalue weighted by atomic mass is 10.0. The standard InChI is InChI=1S/C20H18N4O5S2/c21-17(26)11-3-5-23(6-4-11)9-12-10-31-19-15(18(27)24(19)16(12)20(28)29)22-14(25)8-13-2-1-7-30-13/h1-7,15,19H,8-10H2,(H3-,21,22,25,26,28,29)/t15-,19-/m0/s1. The first-order chi connectivity index (χ1) is 14.8. The molecule has 1 fully saturated rings. The average Bonchev–Trinajstić information content (AvgIpc) is 3.24. The van der Waals surface area contributed by atoms with Crippen LogP contribution in [0.3, 0.4) is 0 Å². The van der Waals surface area contributed by atoms with E-state index in [1.807, 2.05) is 17.5 Å². The number of carbonyl (C=O) groups is 4. The second kappa shape index (κ2) is 8.52. The Morgan fingerprint density at radius 1 is 1.26 bits per heavy atom. The van der Waals surface area contributed by atoms with Gasteiger partial charge in [-0.3, -0.25) is 19.3 Å². The lowest BCUT2D eigenvalue weighted by Gasteiger charge is -2.50. The fourth-order valence-corrected chi connectivity index (χ4v) is 5.58. The molecule has 0 aliphatic carbocycles. The van der Waals surface area contributed by atoms with Gasteiger partial charge in [-0.05, 0) is 11.4 Å². The SMILES string of the molecule is NC(=O)c1cc[n+](CC2=C(C(=O)[O-])N3C(=O)[C@H](NC(=O)Cc4cccs4)[C@@H]3SC2)cc1. The predicted molar refractivity (Wildman–Crippen MR) is 110 cm³/mol. The maximum absolute atomic E-state index is 12.7. The van der Waals surface area contributed by atoms with Crippen LogP contribution in [0.2, 0.25) is 0 Å². The number of primary amides is 1. The van der Waals surface area contributed by atoms with Crippen molar-refractivity contribution in [2.24, 2.45) is 5.73 Å². The van der Waals surface area contributed by atoms with E-state index in [9.17, 15) is 24.3 Å². The number of aliphatic carboxylic acids is 1. The molecular weight excluding hydrogens is 440 g/mol. The van der Waals surface area contributed by atoms with Gasteiger partial charge in [-0.2, -0.15) is 0 Å². The number of pyridine rings is 1. The molecule has 11 heteroatoms. The molecule has 31 heavy (non-hydrogen) atoms. The Hall–Kier alpha value is -3.18. The molecule has 2 aliphatic rings. The van der Waals surface area contributed by atoms with E-state index in [-0.39, 0.29) is 24.6 Å². The number of carbonyl (C=O) groups excluding carboxylic acids is 4. The Morgan fingerprint density at radius 2 is 2.00 bits per heavy atom. The lowest BCUT2D eigenvalue weighted by molar-refractivity contribution is -0.689. The van der Waals surface area contributed by atoms with E-state index in [2.05, 4.69) is 5.32 Å². The molecule has 2 atom stereocenters. The van der Waals surface area contributed by atoms with Gasteiger partial charge in [0.1, 0.15) is 11.4 Å². The minimum atomic E-state index is -1.44. The smallest absolute Gasteiger partial charge is 0.253 e. The van der Waals surface area contributed by atoms with Crippen molar-refractivity contribution in [1.82, 2.24) is 10.2 Å². The van der Waals surface area contributed by atoms with Crippen LogP contribution in [-0.2, 0) is 27.3 Å². The normalized spacial score (nSPS) is 20.1. The van der Waals surface area contributed by atoms with Crippen LogP contribution in [0.25, 0.3) is 0 Å². The third-order valence-corrected chi connectivity index (χ3v) is 7.24. The number of thiophene rings is 1. The molecule has 160 valence electrons. The number of fused-ring (bicyclic) bond motifs is 1. The number of rotatable bonds is 7. The molecule has 0 bridgehead atoms. The number of amides is 3. The highest BCUT2D eigenvalue weighted by atomic mass is 32.2. The van der Waals surface area contributed by atoms with Crippen LogP contribution in [0, 0.1) is 0 Å².